The summed E-state index contributed by atoms with van der Waals surface area (Å²) in [5.74, 6) is 0.0935. The summed E-state index contributed by atoms with van der Waals surface area (Å²) in [6.45, 7) is 0.677. The average molecular weight is 363 g/mol. The fourth-order valence-electron chi connectivity index (χ4n) is 2.07. The first-order chi connectivity index (χ1) is 12.1. The Labute approximate surface area is 151 Å². The first-order valence-electron chi connectivity index (χ1n) is 7.66. The molecule has 2 aromatic rings. The molecule has 25 heavy (non-hydrogen) atoms. The fraction of sp³-hybridized carbons (Fsp3) is 0.222. The van der Waals surface area contributed by atoms with E-state index in [0.717, 1.165) is 5.56 Å². The summed E-state index contributed by atoms with van der Waals surface area (Å²) in [5, 5.41) is 5.69. The molecule has 2 amide bonds. The SMILES string of the molecule is COc1ccc(Cl)cc1C(=O)NCCNC(=O)OCc1ccccc1. The highest BCUT2D eigenvalue weighted by molar-refractivity contribution is 6.31. The van der Waals surface area contributed by atoms with Gasteiger partial charge in [0.05, 0.1) is 12.7 Å². The molecule has 0 aliphatic rings. The van der Waals surface area contributed by atoms with Gasteiger partial charge in [-0.2, -0.15) is 0 Å². The van der Waals surface area contributed by atoms with Crippen molar-refractivity contribution in [2.75, 3.05) is 20.2 Å². The Hall–Kier alpha value is -2.73. The van der Waals surface area contributed by atoms with E-state index in [0.29, 0.717) is 16.3 Å². The zero-order chi connectivity index (χ0) is 18.1. The van der Waals surface area contributed by atoms with Crippen molar-refractivity contribution in [1.29, 1.82) is 0 Å². The van der Waals surface area contributed by atoms with Crippen molar-refractivity contribution < 1.29 is 19.1 Å². The maximum absolute atomic E-state index is 12.1. The smallest absolute Gasteiger partial charge is 0.407 e. The lowest BCUT2D eigenvalue weighted by atomic mass is 10.2. The maximum atomic E-state index is 12.1. The van der Waals surface area contributed by atoms with Crippen LogP contribution in [-0.2, 0) is 11.3 Å². The summed E-state index contributed by atoms with van der Waals surface area (Å²) in [4.78, 5) is 23.7. The van der Waals surface area contributed by atoms with E-state index in [1.165, 1.54) is 13.2 Å². The molecule has 132 valence electrons. The van der Waals surface area contributed by atoms with Gasteiger partial charge in [0, 0.05) is 18.1 Å². The highest BCUT2D eigenvalue weighted by Gasteiger charge is 2.12. The predicted molar refractivity (Wildman–Crippen MR) is 95.0 cm³/mol. The number of alkyl carbamates (subject to hydrolysis) is 1. The number of hydrogen-bond acceptors (Lipinski definition) is 4. The van der Waals surface area contributed by atoms with E-state index in [-0.39, 0.29) is 25.6 Å². The molecular formula is C18H19ClN2O4. The van der Waals surface area contributed by atoms with Gasteiger partial charge in [-0.25, -0.2) is 4.79 Å². The number of ether oxygens (including phenoxy) is 2. The van der Waals surface area contributed by atoms with Crippen LogP contribution in [0.25, 0.3) is 0 Å². The zero-order valence-corrected chi connectivity index (χ0v) is 14.5. The van der Waals surface area contributed by atoms with E-state index < -0.39 is 6.09 Å². The molecule has 2 rings (SSSR count). The first-order valence-corrected chi connectivity index (χ1v) is 8.04. The summed E-state index contributed by atoms with van der Waals surface area (Å²) in [7, 11) is 1.48. The second kappa shape index (κ2) is 9.54. The van der Waals surface area contributed by atoms with E-state index in [1.54, 1.807) is 12.1 Å². The van der Waals surface area contributed by atoms with Gasteiger partial charge < -0.3 is 20.1 Å². The molecular weight excluding hydrogens is 344 g/mol. The molecule has 7 heteroatoms. The number of halogens is 1. The van der Waals surface area contributed by atoms with Crippen molar-refractivity contribution in [1.82, 2.24) is 10.6 Å². The lowest BCUT2D eigenvalue weighted by Gasteiger charge is -2.10. The van der Waals surface area contributed by atoms with Crippen LogP contribution in [0.5, 0.6) is 5.75 Å². The van der Waals surface area contributed by atoms with E-state index in [2.05, 4.69) is 10.6 Å². The van der Waals surface area contributed by atoms with Crippen molar-refractivity contribution in [3.63, 3.8) is 0 Å². The topological polar surface area (TPSA) is 76.7 Å². The van der Waals surface area contributed by atoms with E-state index in [4.69, 9.17) is 21.1 Å². The van der Waals surface area contributed by atoms with Crippen LogP contribution >= 0.6 is 11.6 Å². The lowest BCUT2D eigenvalue weighted by Crippen LogP contribution is -2.35. The number of benzene rings is 2. The predicted octanol–water partition coefficient (Wildman–Crippen LogP) is 3.00. The van der Waals surface area contributed by atoms with Crippen LogP contribution in [0.15, 0.2) is 48.5 Å². The molecule has 0 spiro atoms. The maximum Gasteiger partial charge on any atom is 0.407 e. The summed E-state index contributed by atoms with van der Waals surface area (Å²) < 4.78 is 10.2. The number of amides is 2. The molecule has 0 fully saturated rings. The molecule has 2 N–H and O–H groups in total. The van der Waals surface area contributed by atoms with Gasteiger partial charge in [-0.05, 0) is 23.8 Å². The zero-order valence-electron chi connectivity index (χ0n) is 13.8. The number of rotatable bonds is 7. The quantitative estimate of drug-likeness (QED) is 0.742. The minimum Gasteiger partial charge on any atom is -0.496 e. The largest absolute Gasteiger partial charge is 0.496 e. The highest BCUT2D eigenvalue weighted by atomic mass is 35.5. The van der Waals surface area contributed by atoms with Crippen molar-refractivity contribution in [2.24, 2.45) is 0 Å². The molecule has 6 nitrogen and oxygen atoms in total. The molecule has 0 aliphatic heterocycles. The summed E-state index contributed by atoms with van der Waals surface area (Å²) in [5.41, 5.74) is 1.24. The van der Waals surface area contributed by atoms with Crippen LogP contribution in [-0.4, -0.2) is 32.2 Å². The number of hydrogen-bond donors (Lipinski definition) is 2. The number of carbonyl (C=O) groups excluding carboxylic acids is 2. The molecule has 0 aliphatic carbocycles. The molecule has 0 saturated heterocycles. The van der Waals surface area contributed by atoms with Gasteiger partial charge >= 0.3 is 6.09 Å². The van der Waals surface area contributed by atoms with E-state index in [9.17, 15) is 9.59 Å². The standard InChI is InChI=1S/C18H19ClN2O4/c1-24-16-8-7-14(19)11-15(16)17(22)20-9-10-21-18(23)25-12-13-5-3-2-4-6-13/h2-8,11H,9-10,12H2,1H3,(H,20,22)(H,21,23). The Morgan fingerprint density at radius 3 is 2.48 bits per heavy atom. The van der Waals surface area contributed by atoms with Crippen LogP contribution in [0.2, 0.25) is 5.02 Å². The third-order valence-electron chi connectivity index (χ3n) is 3.30. The van der Waals surface area contributed by atoms with Gasteiger partial charge in [-0.15, -0.1) is 0 Å². The normalized spacial score (nSPS) is 10.0. The summed E-state index contributed by atoms with van der Waals surface area (Å²) >= 11 is 5.90. The Balaban J connectivity index is 1.71. The Morgan fingerprint density at radius 1 is 1.04 bits per heavy atom. The van der Waals surface area contributed by atoms with Gasteiger partial charge in [0.15, 0.2) is 0 Å². The van der Waals surface area contributed by atoms with Crippen molar-refractivity contribution in [3.05, 3.63) is 64.7 Å². The van der Waals surface area contributed by atoms with Crippen LogP contribution < -0.4 is 15.4 Å². The first kappa shape index (κ1) is 18.6. The second-order valence-electron chi connectivity index (χ2n) is 5.09. The van der Waals surface area contributed by atoms with Crippen molar-refractivity contribution in [2.45, 2.75) is 6.61 Å². The lowest BCUT2D eigenvalue weighted by molar-refractivity contribution is 0.0948. The molecule has 0 bridgehead atoms. The molecule has 0 atom stereocenters. The molecule has 0 radical (unpaired) electrons. The monoisotopic (exact) mass is 362 g/mol. The van der Waals surface area contributed by atoms with E-state index >= 15 is 0 Å². The number of nitrogens with one attached hydrogen (secondary N) is 2. The fourth-order valence-corrected chi connectivity index (χ4v) is 2.24. The Kier molecular flexibility index (Phi) is 7.10. The summed E-state index contributed by atoms with van der Waals surface area (Å²) in [6, 6.07) is 14.2. The van der Waals surface area contributed by atoms with Crippen LogP contribution in [0, 0.1) is 0 Å². The van der Waals surface area contributed by atoms with E-state index in [1.807, 2.05) is 30.3 Å². The minimum atomic E-state index is -0.543. The minimum absolute atomic E-state index is 0.193. The van der Waals surface area contributed by atoms with Gasteiger partial charge in [-0.3, -0.25) is 4.79 Å². The van der Waals surface area contributed by atoms with Crippen molar-refractivity contribution in [3.8, 4) is 5.75 Å². The number of carbonyl (C=O) groups is 2. The van der Waals surface area contributed by atoms with Gasteiger partial charge in [0.25, 0.3) is 5.91 Å². The molecule has 0 saturated carbocycles. The molecule has 0 unspecified atom stereocenters. The molecule has 2 aromatic carbocycles. The second-order valence-corrected chi connectivity index (χ2v) is 5.53. The highest BCUT2D eigenvalue weighted by Crippen LogP contribution is 2.22. The number of methoxy groups -OCH3 is 1. The van der Waals surface area contributed by atoms with Crippen LogP contribution in [0.3, 0.4) is 0 Å². The van der Waals surface area contributed by atoms with Crippen molar-refractivity contribution >= 4 is 23.6 Å². The third kappa shape index (κ3) is 6.00. The van der Waals surface area contributed by atoms with Crippen LogP contribution in [0.4, 0.5) is 4.79 Å². The average Bonchev–Trinajstić information content (AvgIpc) is 2.64. The van der Waals surface area contributed by atoms with Crippen LogP contribution in [0.1, 0.15) is 15.9 Å². The molecule has 0 aromatic heterocycles. The van der Waals surface area contributed by atoms with Gasteiger partial charge in [0.1, 0.15) is 12.4 Å². The Morgan fingerprint density at radius 2 is 1.76 bits per heavy atom. The van der Waals surface area contributed by atoms with Gasteiger partial charge in [-0.1, -0.05) is 41.9 Å². The summed E-state index contributed by atoms with van der Waals surface area (Å²) in [6.07, 6.45) is -0.543. The molecule has 0 heterocycles. The Bertz CT molecular complexity index is 722. The third-order valence-corrected chi connectivity index (χ3v) is 3.53. The van der Waals surface area contributed by atoms with Gasteiger partial charge in [0.2, 0.25) is 0 Å².